The molecule has 0 radical (unpaired) electrons. The minimum absolute atomic E-state index is 0.0337. The summed E-state index contributed by atoms with van der Waals surface area (Å²) in [7, 11) is 0. The second-order valence-electron chi connectivity index (χ2n) is 3.79. The number of nitrogens with one attached hydrogen (secondary N) is 1. The maximum atomic E-state index is 12.6. The highest BCUT2D eigenvalue weighted by Gasteiger charge is 2.31. The SMILES string of the molecule is FC(F)(F)c1cc(Cl)cc(NCc2ccc(I)o2)c1. The van der Waals surface area contributed by atoms with Gasteiger partial charge >= 0.3 is 6.18 Å². The number of furan rings is 1. The Balaban J connectivity index is 2.14. The molecule has 1 aromatic carbocycles. The van der Waals surface area contributed by atoms with Crippen LogP contribution in [-0.4, -0.2) is 0 Å². The molecule has 0 unspecified atom stereocenters. The molecule has 0 fully saturated rings. The van der Waals surface area contributed by atoms with E-state index in [1.807, 2.05) is 22.6 Å². The van der Waals surface area contributed by atoms with Crippen molar-refractivity contribution in [2.45, 2.75) is 12.7 Å². The van der Waals surface area contributed by atoms with Crippen LogP contribution in [0.5, 0.6) is 0 Å². The Morgan fingerprint density at radius 2 is 1.95 bits per heavy atom. The van der Waals surface area contributed by atoms with Gasteiger partial charge in [0.2, 0.25) is 0 Å². The van der Waals surface area contributed by atoms with E-state index in [2.05, 4.69) is 5.32 Å². The Kier molecular flexibility index (Phi) is 4.29. The van der Waals surface area contributed by atoms with Crippen LogP contribution in [0.15, 0.2) is 34.7 Å². The third-order valence-electron chi connectivity index (χ3n) is 2.32. The first-order valence-corrected chi connectivity index (χ1v) is 6.66. The summed E-state index contributed by atoms with van der Waals surface area (Å²) in [5.41, 5.74) is -0.484. The van der Waals surface area contributed by atoms with Crippen LogP contribution in [-0.2, 0) is 12.7 Å². The lowest BCUT2D eigenvalue weighted by Crippen LogP contribution is -2.06. The molecule has 2 nitrogen and oxygen atoms in total. The smallest absolute Gasteiger partial charge is 0.416 e. The summed E-state index contributed by atoms with van der Waals surface area (Å²) in [5.74, 6) is 0.637. The number of halogens is 5. The third kappa shape index (κ3) is 4.04. The number of benzene rings is 1. The Morgan fingerprint density at radius 1 is 1.21 bits per heavy atom. The Bertz CT molecular complexity index is 583. The quantitative estimate of drug-likeness (QED) is 0.718. The summed E-state index contributed by atoms with van der Waals surface area (Å²) in [4.78, 5) is 0. The molecule has 0 saturated heterocycles. The Labute approximate surface area is 126 Å². The van der Waals surface area contributed by atoms with Crippen molar-refractivity contribution in [2.75, 3.05) is 5.32 Å². The van der Waals surface area contributed by atoms with Crippen LogP contribution in [0.3, 0.4) is 0 Å². The zero-order valence-corrected chi connectivity index (χ0v) is 12.3. The van der Waals surface area contributed by atoms with Crippen LogP contribution in [0.4, 0.5) is 18.9 Å². The van der Waals surface area contributed by atoms with Crippen molar-refractivity contribution in [3.05, 3.63) is 50.4 Å². The first kappa shape index (κ1) is 14.5. The topological polar surface area (TPSA) is 25.2 Å². The standard InChI is InChI=1S/C12H8ClF3INO/c13-8-3-7(12(14,15)16)4-9(5-8)18-6-10-1-2-11(17)19-10/h1-5,18H,6H2. The lowest BCUT2D eigenvalue weighted by Gasteiger charge is -2.11. The highest BCUT2D eigenvalue weighted by molar-refractivity contribution is 14.1. The van der Waals surface area contributed by atoms with Crippen molar-refractivity contribution in [1.29, 1.82) is 0 Å². The fourth-order valence-electron chi connectivity index (χ4n) is 1.49. The summed E-state index contributed by atoms with van der Waals surface area (Å²) < 4.78 is 43.8. The minimum Gasteiger partial charge on any atom is -0.454 e. The summed E-state index contributed by atoms with van der Waals surface area (Å²) >= 11 is 7.69. The molecular formula is C12H8ClF3INO. The molecule has 1 N–H and O–H groups in total. The van der Waals surface area contributed by atoms with Crippen LogP contribution in [0.1, 0.15) is 11.3 Å². The Morgan fingerprint density at radius 3 is 2.53 bits per heavy atom. The van der Waals surface area contributed by atoms with Gasteiger partial charge in [-0.1, -0.05) is 11.6 Å². The lowest BCUT2D eigenvalue weighted by atomic mass is 10.2. The molecule has 2 rings (SSSR count). The molecule has 0 aliphatic heterocycles. The molecule has 0 aliphatic carbocycles. The molecule has 0 bridgehead atoms. The predicted octanol–water partition coefficient (Wildman–Crippen LogP) is 5.17. The van der Waals surface area contributed by atoms with Gasteiger partial charge in [-0.25, -0.2) is 0 Å². The van der Waals surface area contributed by atoms with Gasteiger partial charge in [0.25, 0.3) is 0 Å². The van der Waals surface area contributed by atoms with Gasteiger partial charge in [0.05, 0.1) is 12.1 Å². The van der Waals surface area contributed by atoms with E-state index in [4.69, 9.17) is 16.0 Å². The maximum Gasteiger partial charge on any atom is 0.416 e. The van der Waals surface area contributed by atoms with E-state index < -0.39 is 11.7 Å². The van der Waals surface area contributed by atoms with Crippen LogP contribution < -0.4 is 5.32 Å². The molecule has 0 atom stereocenters. The highest BCUT2D eigenvalue weighted by Crippen LogP contribution is 2.33. The molecular weight excluding hydrogens is 393 g/mol. The zero-order chi connectivity index (χ0) is 14.0. The molecule has 0 aliphatic rings. The van der Waals surface area contributed by atoms with Gasteiger partial charge in [-0.15, -0.1) is 0 Å². The number of hydrogen-bond donors (Lipinski definition) is 1. The first-order chi connectivity index (χ1) is 8.84. The van der Waals surface area contributed by atoms with Crippen molar-refractivity contribution >= 4 is 39.9 Å². The third-order valence-corrected chi connectivity index (χ3v) is 3.12. The van der Waals surface area contributed by atoms with Crippen LogP contribution >= 0.6 is 34.2 Å². The lowest BCUT2D eigenvalue weighted by molar-refractivity contribution is -0.137. The summed E-state index contributed by atoms with van der Waals surface area (Å²) in [5, 5.41) is 2.88. The maximum absolute atomic E-state index is 12.6. The second kappa shape index (κ2) is 5.62. The summed E-state index contributed by atoms with van der Waals surface area (Å²) in [6, 6.07) is 6.87. The van der Waals surface area contributed by atoms with Gasteiger partial charge in [-0.05, 0) is 52.9 Å². The van der Waals surface area contributed by atoms with Gasteiger partial charge < -0.3 is 9.73 Å². The van der Waals surface area contributed by atoms with E-state index >= 15 is 0 Å². The largest absolute Gasteiger partial charge is 0.454 e. The first-order valence-electron chi connectivity index (χ1n) is 5.20. The van der Waals surface area contributed by atoms with E-state index in [-0.39, 0.29) is 5.02 Å². The summed E-state index contributed by atoms with van der Waals surface area (Å²) in [6.45, 7) is 0.292. The van der Waals surface area contributed by atoms with Crippen LogP contribution in [0.25, 0.3) is 0 Å². The molecule has 2 aromatic rings. The van der Waals surface area contributed by atoms with E-state index in [9.17, 15) is 13.2 Å². The number of hydrogen-bond acceptors (Lipinski definition) is 2. The van der Waals surface area contributed by atoms with Crippen LogP contribution in [0, 0.1) is 3.77 Å². The molecule has 0 amide bonds. The van der Waals surface area contributed by atoms with E-state index in [1.165, 1.54) is 6.07 Å². The second-order valence-corrected chi connectivity index (χ2v) is 5.29. The summed E-state index contributed by atoms with van der Waals surface area (Å²) in [6.07, 6.45) is -4.42. The average Bonchev–Trinajstić information content (AvgIpc) is 2.71. The average molecular weight is 402 g/mol. The molecule has 102 valence electrons. The van der Waals surface area contributed by atoms with Crippen molar-refractivity contribution in [3.63, 3.8) is 0 Å². The number of rotatable bonds is 3. The van der Waals surface area contributed by atoms with Crippen molar-refractivity contribution in [2.24, 2.45) is 0 Å². The predicted molar refractivity (Wildman–Crippen MR) is 75.2 cm³/mol. The van der Waals surface area contributed by atoms with Gasteiger partial charge in [0.1, 0.15) is 5.76 Å². The zero-order valence-electron chi connectivity index (χ0n) is 9.39. The Hall–Kier alpha value is -0.890. The van der Waals surface area contributed by atoms with E-state index in [1.54, 1.807) is 12.1 Å². The highest BCUT2D eigenvalue weighted by atomic mass is 127. The van der Waals surface area contributed by atoms with Crippen molar-refractivity contribution < 1.29 is 17.6 Å². The molecule has 1 heterocycles. The molecule has 0 saturated carbocycles. The van der Waals surface area contributed by atoms with Gasteiger partial charge in [-0.2, -0.15) is 13.2 Å². The van der Waals surface area contributed by atoms with Crippen LogP contribution in [0.2, 0.25) is 5.02 Å². The number of anilines is 1. The molecule has 7 heteroatoms. The van der Waals surface area contributed by atoms with E-state index in [0.717, 1.165) is 15.9 Å². The molecule has 1 aromatic heterocycles. The van der Waals surface area contributed by atoms with E-state index in [0.29, 0.717) is 18.0 Å². The van der Waals surface area contributed by atoms with Gasteiger partial charge in [0.15, 0.2) is 3.77 Å². The normalized spacial score (nSPS) is 11.6. The van der Waals surface area contributed by atoms with Crippen molar-refractivity contribution in [1.82, 2.24) is 0 Å². The van der Waals surface area contributed by atoms with Crippen molar-refractivity contribution in [3.8, 4) is 0 Å². The van der Waals surface area contributed by atoms with Gasteiger partial charge in [-0.3, -0.25) is 0 Å². The molecule has 0 spiro atoms. The fraction of sp³-hybridized carbons (Fsp3) is 0.167. The van der Waals surface area contributed by atoms with Gasteiger partial charge in [0, 0.05) is 10.7 Å². The fourth-order valence-corrected chi connectivity index (χ4v) is 2.19. The monoisotopic (exact) mass is 401 g/mol. The minimum atomic E-state index is -4.42. The number of alkyl halides is 3. The molecule has 19 heavy (non-hydrogen) atoms.